The number of nitrogens with one attached hydrogen (secondary N) is 2. The zero-order valence-corrected chi connectivity index (χ0v) is 19.8. The van der Waals surface area contributed by atoms with Gasteiger partial charge in [0.2, 0.25) is 0 Å². The number of ether oxygens (including phenoxy) is 1. The van der Waals surface area contributed by atoms with Gasteiger partial charge in [-0.2, -0.15) is 0 Å². The average molecular weight is 431 g/mol. The van der Waals surface area contributed by atoms with Crippen molar-refractivity contribution in [3.8, 4) is 5.75 Å². The number of likely N-dealkylation sites (N-methyl/N-ethyl adjacent to an activating group) is 1. The number of carbonyl (C=O) groups excluding carboxylic acids is 1. The van der Waals surface area contributed by atoms with Crippen molar-refractivity contribution >= 4 is 22.4 Å². The van der Waals surface area contributed by atoms with E-state index in [2.05, 4.69) is 61.6 Å². The van der Waals surface area contributed by atoms with E-state index in [4.69, 9.17) is 4.74 Å². The number of fused-ring (bicyclic) bond motifs is 1. The van der Waals surface area contributed by atoms with Crippen LogP contribution >= 0.6 is 0 Å². The number of rotatable bonds is 7. The standard InChI is InChI=1S/C26H30N2O2.C2H4/c1-6-22(25(17(2)3)26(29)27-5)18(4)24-15-20-14-21(12-13-23(20)28-24)30-16-19-10-8-7-9-11-19;1-2/h7-15,28H,6,16H2,1-5H3,(H,27,29);1-2H2/b22-18-;. The molecule has 168 valence electrons. The molecule has 0 bridgehead atoms. The summed E-state index contributed by atoms with van der Waals surface area (Å²) >= 11 is 0. The van der Waals surface area contributed by atoms with Crippen molar-refractivity contribution in [2.45, 2.75) is 40.7 Å². The van der Waals surface area contributed by atoms with E-state index in [0.717, 1.165) is 56.6 Å². The lowest BCUT2D eigenvalue weighted by Crippen LogP contribution is -2.22. The van der Waals surface area contributed by atoms with Crippen LogP contribution in [0.4, 0.5) is 0 Å². The SMILES string of the molecule is C=C.CC/C(C(C(=O)NC)=C(C)C)=C(\C)c1cc2cc(OCc3ccccc3)ccc2[nH]1. The van der Waals surface area contributed by atoms with E-state index in [1.165, 1.54) is 0 Å². The van der Waals surface area contributed by atoms with Crippen molar-refractivity contribution in [2.75, 3.05) is 7.05 Å². The lowest BCUT2D eigenvalue weighted by atomic mass is 9.93. The van der Waals surface area contributed by atoms with Crippen LogP contribution in [-0.2, 0) is 11.4 Å². The topological polar surface area (TPSA) is 54.1 Å². The van der Waals surface area contributed by atoms with Gasteiger partial charge in [0.1, 0.15) is 12.4 Å². The van der Waals surface area contributed by atoms with Crippen LogP contribution in [0, 0.1) is 0 Å². The molecular weight excluding hydrogens is 396 g/mol. The molecule has 3 rings (SSSR count). The second-order valence-corrected chi connectivity index (χ2v) is 7.62. The van der Waals surface area contributed by atoms with E-state index in [1.54, 1.807) is 7.05 Å². The molecule has 0 spiro atoms. The molecule has 1 aromatic heterocycles. The van der Waals surface area contributed by atoms with E-state index in [9.17, 15) is 4.79 Å². The molecule has 0 radical (unpaired) electrons. The molecule has 3 aromatic rings. The van der Waals surface area contributed by atoms with Gasteiger partial charge >= 0.3 is 0 Å². The summed E-state index contributed by atoms with van der Waals surface area (Å²) in [5.41, 5.74) is 7.13. The fraction of sp³-hybridized carbons (Fsp3) is 0.250. The zero-order chi connectivity index (χ0) is 23.7. The maximum atomic E-state index is 12.5. The van der Waals surface area contributed by atoms with Gasteiger partial charge in [-0.05, 0) is 68.2 Å². The van der Waals surface area contributed by atoms with Crippen LogP contribution in [0.15, 0.2) is 84.5 Å². The first kappa shape index (κ1) is 24.7. The number of amides is 1. The van der Waals surface area contributed by atoms with Gasteiger partial charge in [-0.15, -0.1) is 13.2 Å². The number of benzene rings is 2. The molecule has 0 fully saturated rings. The Hall–Kier alpha value is -3.53. The van der Waals surface area contributed by atoms with E-state index in [-0.39, 0.29) is 5.91 Å². The molecule has 1 amide bonds. The summed E-state index contributed by atoms with van der Waals surface area (Å²) in [5.74, 6) is 0.795. The number of allylic oxidation sites excluding steroid dienone is 2. The van der Waals surface area contributed by atoms with Gasteiger partial charge in [0.05, 0.1) is 0 Å². The predicted molar refractivity (Wildman–Crippen MR) is 136 cm³/mol. The van der Waals surface area contributed by atoms with Crippen LogP contribution < -0.4 is 10.1 Å². The first-order valence-corrected chi connectivity index (χ1v) is 10.8. The van der Waals surface area contributed by atoms with Gasteiger partial charge < -0.3 is 15.0 Å². The Morgan fingerprint density at radius 1 is 1.03 bits per heavy atom. The Morgan fingerprint density at radius 2 is 1.72 bits per heavy atom. The highest BCUT2D eigenvalue weighted by Gasteiger charge is 2.17. The molecule has 0 aliphatic heterocycles. The Bertz CT molecular complexity index is 1120. The fourth-order valence-corrected chi connectivity index (χ4v) is 3.73. The van der Waals surface area contributed by atoms with Crippen molar-refractivity contribution in [1.82, 2.24) is 10.3 Å². The predicted octanol–water partition coefficient (Wildman–Crippen LogP) is 6.82. The third kappa shape index (κ3) is 5.79. The highest BCUT2D eigenvalue weighted by Crippen LogP contribution is 2.31. The maximum absolute atomic E-state index is 12.5. The van der Waals surface area contributed by atoms with Gasteiger partial charge in [0.25, 0.3) is 5.91 Å². The Labute approximate surface area is 191 Å². The van der Waals surface area contributed by atoms with Crippen molar-refractivity contribution in [3.63, 3.8) is 0 Å². The van der Waals surface area contributed by atoms with Crippen LogP contribution in [-0.4, -0.2) is 17.9 Å². The number of H-pyrrole nitrogens is 1. The van der Waals surface area contributed by atoms with Crippen LogP contribution in [0.25, 0.3) is 16.5 Å². The molecule has 32 heavy (non-hydrogen) atoms. The highest BCUT2D eigenvalue weighted by atomic mass is 16.5. The normalized spacial score (nSPS) is 11.2. The molecular formula is C28H34N2O2. The summed E-state index contributed by atoms with van der Waals surface area (Å²) in [4.78, 5) is 16.0. The first-order chi connectivity index (χ1) is 15.4. The van der Waals surface area contributed by atoms with Crippen LogP contribution in [0.5, 0.6) is 5.75 Å². The molecule has 0 saturated heterocycles. The molecule has 0 aliphatic carbocycles. The molecule has 2 N–H and O–H groups in total. The lowest BCUT2D eigenvalue weighted by molar-refractivity contribution is -0.116. The minimum absolute atomic E-state index is 0.0427. The summed E-state index contributed by atoms with van der Waals surface area (Å²) in [6, 6.07) is 18.3. The van der Waals surface area contributed by atoms with Crippen molar-refractivity contribution in [3.05, 3.63) is 95.7 Å². The van der Waals surface area contributed by atoms with Gasteiger partial charge in [-0.3, -0.25) is 4.79 Å². The second kappa shape index (κ2) is 11.8. The third-order valence-electron chi connectivity index (χ3n) is 5.31. The summed E-state index contributed by atoms with van der Waals surface area (Å²) in [5, 5.41) is 3.86. The largest absolute Gasteiger partial charge is 0.489 e. The number of hydrogen-bond acceptors (Lipinski definition) is 2. The summed E-state index contributed by atoms with van der Waals surface area (Å²) < 4.78 is 5.97. The lowest BCUT2D eigenvalue weighted by Gasteiger charge is -2.15. The molecule has 2 aromatic carbocycles. The molecule has 4 nitrogen and oxygen atoms in total. The van der Waals surface area contributed by atoms with E-state index in [0.29, 0.717) is 6.61 Å². The minimum Gasteiger partial charge on any atom is -0.489 e. The van der Waals surface area contributed by atoms with Crippen molar-refractivity contribution in [2.24, 2.45) is 0 Å². The number of hydrogen-bond donors (Lipinski definition) is 2. The molecule has 4 heteroatoms. The minimum atomic E-state index is -0.0427. The summed E-state index contributed by atoms with van der Waals surface area (Å²) in [6.45, 7) is 14.7. The monoisotopic (exact) mass is 430 g/mol. The summed E-state index contributed by atoms with van der Waals surface area (Å²) in [6.07, 6.45) is 0.778. The number of aromatic amines is 1. The molecule has 0 unspecified atom stereocenters. The maximum Gasteiger partial charge on any atom is 0.251 e. The van der Waals surface area contributed by atoms with Crippen LogP contribution in [0.2, 0.25) is 0 Å². The zero-order valence-electron chi connectivity index (χ0n) is 19.8. The first-order valence-electron chi connectivity index (χ1n) is 10.8. The highest BCUT2D eigenvalue weighted by molar-refractivity contribution is 6.01. The van der Waals surface area contributed by atoms with Gasteiger partial charge in [0, 0.05) is 29.2 Å². The van der Waals surface area contributed by atoms with Crippen LogP contribution in [0.1, 0.15) is 45.4 Å². The quantitative estimate of drug-likeness (QED) is 0.246. The van der Waals surface area contributed by atoms with Crippen molar-refractivity contribution in [1.29, 1.82) is 0 Å². The Kier molecular flexibility index (Phi) is 9.08. The van der Waals surface area contributed by atoms with Gasteiger partial charge in [0.15, 0.2) is 0 Å². The Balaban J connectivity index is 0.00000176. The van der Waals surface area contributed by atoms with Crippen molar-refractivity contribution < 1.29 is 9.53 Å². The molecule has 1 heterocycles. The number of carbonyl (C=O) groups is 1. The summed E-state index contributed by atoms with van der Waals surface area (Å²) in [7, 11) is 1.67. The van der Waals surface area contributed by atoms with Gasteiger partial charge in [-0.25, -0.2) is 0 Å². The second-order valence-electron chi connectivity index (χ2n) is 7.62. The van der Waals surface area contributed by atoms with E-state index in [1.807, 2.05) is 44.2 Å². The molecule has 0 saturated carbocycles. The third-order valence-corrected chi connectivity index (χ3v) is 5.31. The fourth-order valence-electron chi connectivity index (χ4n) is 3.73. The average Bonchev–Trinajstić information content (AvgIpc) is 3.25. The van der Waals surface area contributed by atoms with Crippen LogP contribution in [0.3, 0.4) is 0 Å². The van der Waals surface area contributed by atoms with E-state index >= 15 is 0 Å². The number of aromatic nitrogens is 1. The van der Waals surface area contributed by atoms with Gasteiger partial charge in [-0.1, -0.05) is 42.8 Å². The van der Waals surface area contributed by atoms with E-state index < -0.39 is 0 Å². The molecule has 0 atom stereocenters. The molecule has 0 aliphatic rings. The Morgan fingerprint density at radius 3 is 2.31 bits per heavy atom. The smallest absolute Gasteiger partial charge is 0.251 e.